The third-order valence-corrected chi connectivity index (χ3v) is 7.77. The molecule has 0 amide bonds. The van der Waals surface area contributed by atoms with E-state index in [-0.39, 0.29) is 26.1 Å². The van der Waals surface area contributed by atoms with Crippen LogP contribution in [0.4, 0.5) is 0 Å². The van der Waals surface area contributed by atoms with Crippen LogP contribution in [0, 0.1) is 0 Å². The van der Waals surface area contributed by atoms with Gasteiger partial charge in [0.1, 0.15) is 54.9 Å². The van der Waals surface area contributed by atoms with Crippen LogP contribution in [0.25, 0.3) is 0 Å². The Morgan fingerprint density at radius 2 is 1.50 bits per heavy atom. The summed E-state index contributed by atoms with van der Waals surface area (Å²) in [6.07, 6.45) is -14.9. The molecule has 0 aromatic heterocycles. The smallest absolute Gasteiger partial charge is 0.186 e. The summed E-state index contributed by atoms with van der Waals surface area (Å²) < 4.78 is 23.4. The van der Waals surface area contributed by atoms with E-state index in [1.807, 2.05) is 6.92 Å². The molecule has 3 aliphatic rings. The normalized spacial score (nSPS) is 47.2. The van der Waals surface area contributed by atoms with E-state index in [0.717, 1.165) is 0 Å². The average molecular weight is 585 g/mol. The van der Waals surface area contributed by atoms with Gasteiger partial charge in [0, 0.05) is 31.7 Å². The summed E-state index contributed by atoms with van der Waals surface area (Å²) in [6.45, 7) is 2.06. The lowest BCUT2D eigenvalue weighted by Crippen LogP contribution is -2.70. The van der Waals surface area contributed by atoms with Gasteiger partial charge >= 0.3 is 0 Å². The number of hydrogen-bond acceptors (Lipinski definition) is 17. The number of aliphatic hydroxyl groups excluding tert-OH is 7. The molecule has 2 heterocycles. The topological polar surface area (TPSA) is 307 Å². The Morgan fingerprint density at radius 3 is 2.12 bits per heavy atom. The summed E-state index contributed by atoms with van der Waals surface area (Å²) >= 11 is 0. The van der Waals surface area contributed by atoms with E-state index in [1.54, 1.807) is 0 Å². The van der Waals surface area contributed by atoms with Crippen LogP contribution in [0.5, 0.6) is 0 Å². The molecule has 0 radical (unpaired) electrons. The van der Waals surface area contributed by atoms with Gasteiger partial charge in [0.25, 0.3) is 0 Å². The summed E-state index contributed by atoms with van der Waals surface area (Å²) in [4.78, 5) is 0. The molecule has 17 heteroatoms. The number of ether oxygens (including phenoxy) is 4. The van der Waals surface area contributed by atoms with Crippen molar-refractivity contribution in [2.75, 3.05) is 32.8 Å². The first-order chi connectivity index (χ1) is 18.9. The maximum absolute atomic E-state index is 11.4. The van der Waals surface area contributed by atoms with Gasteiger partial charge in [0.2, 0.25) is 0 Å². The highest BCUT2D eigenvalue weighted by atomic mass is 16.7. The second-order valence-corrected chi connectivity index (χ2v) is 10.7. The van der Waals surface area contributed by atoms with Crippen molar-refractivity contribution in [3.05, 3.63) is 0 Å². The van der Waals surface area contributed by atoms with Crippen LogP contribution < -0.4 is 33.6 Å². The second kappa shape index (κ2) is 15.2. The maximum atomic E-state index is 11.4. The summed E-state index contributed by atoms with van der Waals surface area (Å²) in [5, 5.41) is 78.8. The molecular weight excluding hydrogens is 536 g/mol. The lowest BCUT2D eigenvalue weighted by molar-refractivity contribution is -0.320. The van der Waals surface area contributed by atoms with E-state index in [4.69, 9.17) is 41.9 Å². The summed E-state index contributed by atoms with van der Waals surface area (Å²) in [7, 11) is 0. The number of nitrogens with one attached hydrogen (secondary N) is 2. The molecule has 0 spiro atoms. The van der Waals surface area contributed by atoms with Crippen molar-refractivity contribution in [2.24, 2.45) is 22.9 Å². The molecular formula is C23H48N6O11. The summed E-state index contributed by atoms with van der Waals surface area (Å²) in [5.74, 6) is 0. The lowest BCUT2D eigenvalue weighted by atomic mass is 9.83. The Kier molecular flexibility index (Phi) is 12.8. The Hall–Kier alpha value is -0.680. The lowest BCUT2D eigenvalue weighted by Gasteiger charge is -2.49. The Balaban J connectivity index is 1.80. The fourth-order valence-electron chi connectivity index (χ4n) is 5.23. The minimum absolute atomic E-state index is 0.0277. The number of aliphatic hydroxyl groups is 7. The SMILES string of the molecule is CCNC[C@H]1O[C@H](O[C@H]2[C@H](O)[C@@H](O[C@H]3O[C@H](CO)[C@@H](O)[C@H](N)[C@H]3O)[C@H](NCC(O)CN)C[C@@H]2N)[C@H](N)[C@@H](O)[C@@H]1O. The van der Waals surface area contributed by atoms with Crippen molar-refractivity contribution in [3.8, 4) is 0 Å². The number of likely N-dealkylation sites (N-methyl/N-ethyl adjacent to an activating group) is 1. The van der Waals surface area contributed by atoms with Crippen molar-refractivity contribution in [3.63, 3.8) is 0 Å². The Morgan fingerprint density at radius 1 is 0.850 bits per heavy atom. The molecule has 0 aromatic rings. The van der Waals surface area contributed by atoms with Crippen LogP contribution in [-0.2, 0) is 18.9 Å². The molecule has 0 aromatic carbocycles. The molecule has 2 saturated heterocycles. The van der Waals surface area contributed by atoms with Crippen molar-refractivity contribution in [1.82, 2.24) is 10.6 Å². The van der Waals surface area contributed by atoms with E-state index in [1.165, 1.54) is 0 Å². The predicted octanol–water partition coefficient (Wildman–Crippen LogP) is -7.72. The Labute approximate surface area is 232 Å². The van der Waals surface area contributed by atoms with Gasteiger partial charge in [-0.25, -0.2) is 0 Å². The van der Waals surface area contributed by atoms with E-state index in [0.29, 0.717) is 6.54 Å². The van der Waals surface area contributed by atoms with Crippen molar-refractivity contribution >= 4 is 0 Å². The summed E-state index contributed by atoms with van der Waals surface area (Å²) in [6, 6.07) is -3.91. The highest BCUT2D eigenvalue weighted by Crippen LogP contribution is 2.31. The van der Waals surface area contributed by atoms with Gasteiger partial charge in [-0.1, -0.05) is 6.92 Å². The molecule has 16 atom stereocenters. The number of nitrogens with two attached hydrogens (primary N) is 4. The minimum Gasteiger partial charge on any atom is -0.394 e. The van der Waals surface area contributed by atoms with Gasteiger partial charge in [-0.15, -0.1) is 0 Å². The molecule has 3 rings (SSSR count). The summed E-state index contributed by atoms with van der Waals surface area (Å²) in [5.41, 5.74) is 23.9. The zero-order chi connectivity index (χ0) is 29.7. The monoisotopic (exact) mass is 584 g/mol. The highest BCUT2D eigenvalue weighted by Gasteiger charge is 2.52. The first kappa shape index (κ1) is 33.8. The molecule has 0 bridgehead atoms. The van der Waals surface area contributed by atoms with Crippen molar-refractivity contribution < 1.29 is 54.7 Å². The minimum atomic E-state index is -1.52. The van der Waals surface area contributed by atoms with Gasteiger partial charge in [-0.2, -0.15) is 0 Å². The van der Waals surface area contributed by atoms with E-state index < -0.39 is 104 Å². The van der Waals surface area contributed by atoms with Gasteiger partial charge < -0.3 is 88.3 Å². The average Bonchev–Trinajstić information content (AvgIpc) is 2.94. The molecule has 3 fully saturated rings. The van der Waals surface area contributed by atoms with Crippen LogP contribution in [-0.4, -0.2) is 166 Å². The van der Waals surface area contributed by atoms with Crippen LogP contribution in [0.3, 0.4) is 0 Å². The maximum Gasteiger partial charge on any atom is 0.186 e. The zero-order valence-electron chi connectivity index (χ0n) is 22.6. The predicted molar refractivity (Wildman–Crippen MR) is 138 cm³/mol. The van der Waals surface area contributed by atoms with Gasteiger partial charge in [-0.3, -0.25) is 0 Å². The standard InChI is InChI=1S/C23H48N6O11/c1-2-28-6-11-16(33)17(34)14(27)22(37-11)39-20-9(25)3-10(29-5-8(31)4-24)21(19(20)36)40-23-18(35)13(26)15(32)12(7-30)38-23/h8-23,28-36H,2-7,24-27H2,1H3/t8?,9-,10+,11+,12+,13-,14+,15+,16+,17+,18+,19-,20+,21-,22+,23+/m0/s1. The molecule has 40 heavy (non-hydrogen) atoms. The molecule has 1 unspecified atom stereocenters. The fraction of sp³-hybridized carbons (Fsp3) is 1.00. The second-order valence-electron chi connectivity index (χ2n) is 10.7. The Bertz CT molecular complexity index is 762. The van der Waals surface area contributed by atoms with Gasteiger partial charge in [0.15, 0.2) is 12.6 Å². The first-order valence-electron chi connectivity index (χ1n) is 13.7. The molecule has 236 valence electrons. The third kappa shape index (κ3) is 7.63. The largest absolute Gasteiger partial charge is 0.394 e. The molecule has 1 aliphatic carbocycles. The van der Waals surface area contributed by atoms with Crippen molar-refractivity contribution in [2.45, 2.75) is 111 Å². The van der Waals surface area contributed by atoms with Gasteiger partial charge in [-0.05, 0) is 13.0 Å². The van der Waals surface area contributed by atoms with Crippen LogP contribution in [0.1, 0.15) is 13.3 Å². The fourth-order valence-corrected chi connectivity index (χ4v) is 5.23. The number of rotatable bonds is 12. The van der Waals surface area contributed by atoms with Crippen molar-refractivity contribution in [1.29, 1.82) is 0 Å². The molecule has 1 saturated carbocycles. The zero-order valence-corrected chi connectivity index (χ0v) is 22.6. The van der Waals surface area contributed by atoms with Gasteiger partial charge in [0.05, 0.1) is 24.8 Å². The van der Waals surface area contributed by atoms with Crippen LogP contribution >= 0.6 is 0 Å². The molecule has 17 N–H and O–H groups in total. The van der Waals surface area contributed by atoms with Crippen LogP contribution in [0.15, 0.2) is 0 Å². The van der Waals surface area contributed by atoms with E-state index >= 15 is 0 Å². The molecule has 2 aliphatic heterocycles. The van der Waals surface area contributed by atoms with Crippen LogP contribution in [0.2, 0.25) is 0 Å². The van der Waals surface area contributed by atoms with E-state index in [9.17, 15) is 35.7 Å². The number of hydrogen-bond donors (Lipinski definition) is 13. The molecule has 17 nitrogen and oxygen atoms in total. The highest BCUT2D eigenvalue weighted by molar-refractivity contribution is 5.03. The third-order valence-electron chi connectivity index (χ3n) is 7.77. The first-order valence-corrected chi connectivity index (χ1v) is 13.7. The quantitative estimate of drug-likeness (QED) is 0.101. The van der Waals surface area contributed by atoms with E-state index in [2.05, 4.69) is 10.6 Å².